The zero-order valence-electron chi connectivity index (χ0n) is 9.20. The second-order valence-electron chi connectivity index (χ2n) is 3.28. The number of nitrogens with one attached hydrogen (secondary N) is 2. The summed E-state index contributed by atoms with van der Waals surface area (Å²) in [4.78, 5) is 20.6. The fourth-order valence-electron chi connectivity index (χ4n) is 1.24. The van der Waals surface area contributed by atoms with Crippen LogP contribution in [0, 0.1) is 15.9 Å². The summed E-state index contributed by atoms with van der Waals surface area (Å²) >= 11 is 0. The van der Waals surface area contributed by atoms with Gasteiger partial charge in [-0.3, -0.25) is 14.9 Å². The van der Waals surface area contributed by atoms with Crippen LogP contribution in [0.2, 0.25) is 0 Å². The smallest absolute Gasteiger partial charge is 0.305 e. The lowest BCUT2D eigenvalue weighted by Crippen LogP contribution is -2.31. The molecule has 0 radical (unpaired) electrons. The lowest BCUT2D eigenvalue weighted by molar-refractivity contribution is -0.387. The Balaban J connectivity index is 2.69. The van der Waals surface area contributed by atoms with E-state index in [1.165, 1.54) is 19.2 Å². The number of rotatable bonds is 5. The second-order valence-corrected chi connectivity index (χ2v) is 3.28. The van der Waals surface area contributed by atoms with Crippen molar-refractivity contribution in [3.8, 4) is 0 Å². The van der Waals surface area contributed by atoms with E-state index in [4.69, 9.17) is 0 Å². The first kappa shape index (κ1) is 13.0. The van der Waals surface area contributed by atoms with Crippen molar-refractivity contribution in [2.45, 2.75) is 6.54 Å². The zero-order chi connectivity index (χ0) is 12.8. The first-order chi connectivity index (χ1) is 8.06. The minimum atomic E-state index is -0.873. The fourth-order valence-corrected chi connectivity index (χ4v) is 1.24. The van der Waals surface area contributed by atoms with Crippen LogP contribution < -0.4 is 10.6 Å². The number of nitrogens with zero attached hydrogens (tertiary/aromatic N) is 1. The molecule has 1 aromatic carbocycles. The maximum absolute atomic E-state index is 13.5. The Hall–Kier alpha value is -2.02. The van der Waals surface area contributed by atoms with E-state index >= 15 is 0 Å². The molecule has 7 heteroatoms. The van der Waals surface area contributed by atoms with Crippen molar-refractivity contribution in [1.82, 2.24) is 10.6 Å². The van der Waals surface area contributed by atoms with Gasteiger partial charge in [-0.25, -0.2) is 0 Å². The van der Waals surface area contributed by atoms with Gasteiger partial charge in [-0.15, -0.1) is 0 Å². The van der Waals surface area contributed by atoms with Gasteiger partial charge in [0, 0.05) is 25.2 Å². The van der Waals surface area contributed by atoms with Gasteiger partial charge in [0.05, 0.1) is 11.5 Å². The first-order valence-electron chi connectivity index (χ1n) is 4.89. The molecule has 0 aliphatic carbocycles. The number of hydrogen-bond acceptors (Lipinski definition) is 4. The third-order valence-electron chi connectivity index (χ3n) is 2.13. The molecular formula is C10H12FN3O3. The summed E-state index contributed by atoms with van der Waals surface area (Å²) in [6.07, 6.45) is 0. The third kappa shape index (κ3) is 3.49. The first-order valence-corrected chi connectivity index (χ1v) is 4.89. The quantitative estimate of drug-likeness (QED) is 0.583. The Morgan fingerprint density at radius 3 is 2.82 bits per heavy atom. The van der Waals surface area contributed by atoms with Gasteiger partial charge in [-0.1, -0.05) is 12.1 Å². The van der Waals surface area contributed by atoms with Crippen LogP contribution in [0.15, 0.2) is 18.2 Å². The molecule has 17 heavy (non-hydrogen) atoms. The standard InChI is InChI=1S/C10H12FN3O3/c1-12-9(15)6-13-5-7-3-2-4-8(10(7)11)14(16)17/h2-4,13H,5-6H2,1H3,(H,12,15). The summed E-state index contributed by atoms with van der Waals surface area (Å²) in [5, 5.41) is 15.6. The average molecular weight is 241 g/mol. The van der Waals surface area contributed by atoms with E-state index < -0.39 is 16.4 Å². The van der Waals surface area contributed by atoms with Gasteiger partial charge in [0.25, 0.3) is 0 Å². The maximum atomic E-state index is 13.5. The van der Waals surface area contributed by atoms with Crippen molar-refractivity contribution >= 4 is 11.6 Å². The molecule has 0 spiro atoms. The van der Waals surface area contributed by atoms with Crippen LogP contribution in [0.1, 0.15) is 5.56 Å². The number of hydrogen-bond donors (Lipinski definition) is 2. The fraction of sp³-hybridized carbons (Fsp3) is 0.300. The molecule has 0 saturated carbocycles. The third-order valence-corrected chi connectivity index (χ3v) is 2.13. The largest absolute Gasteiger partial charge is 0.358 e. The number of likely N-dealkylation sites (N-methyl/N-ethyl adjacent to an activating group) is 1. The van der Waals surface area contributed by atoms with Crippen molar-refractivity contribution in [3.63, 3.8) is 0 Å². The van der Waals surface area contributed by atoms with Crippen molar-refractivity contribution in [2.24, 2.45) is 0 Å². The van der Waals surface area contributed by atoms with E-state index in [9.17, 15) is 19.3 Å². The predicted molar refractivity (Wildman–Crippen MR) is 58.8 cm³/mol. The molecule has 0 unspecified atom stereocenters. The highest BCUT2D eigenvalue weighted by Crippen LogP contribution is 2.19. The normalized spacial score (nSPS) is 10.0. The molecule has 0 heterocycles. The van der Waals surface area contributed by atoms with Gasteiger partial charge in [-0.2, -0.15) is 4.39 Å². The molecule has 2 N–H and O–H groups in total. The van der Waals surface area contributed by atoms with Crippen LogP contribution in [-0.2, 0) is 11.3 Å². The number of nitro groups is 1. The number of carbonyl (C=O) groups is 1. The van der Waals surface area contributed by atoms with E-state index in [1.807, 2.05) is 0 Å². The summed E-state index contributed by atoms with van der Waals surface area (Å²) in [7, 11) is 1.48. The predicted octanol–water partition coefficient (Wildman–Crippen LogP) is 0.569. The summed E-state index contributed by atoms with van der Waals surface area (Å²) in [5.74, 6) is -1.11. The highest BCUT2D eigenvalue weighted by atomic mass is 19.1. The molecule has 0 bridgehead atoms. The average Bonchev–Trinajstić information content (AvgIpc) is 2.30. The molecule has 0 aliphatic rings. The SMILES string of the molecule is CNC(=O)CNCc1cccc([N+](=O)[O-])c1F. The Bertz CT molecular complexity index is 437. The van der Waals surface area contributed by atoms with E-state index in [0.717, 1.165) is 6.07 Å². The topological polar surface area (TPSA) is 84.3 Å². The van der Waals surface area contributed by atoms with Gasteiger partial charge >= 0.3 is 5.69 Å². The van der Waals surface area contributed by atoms with Crippen molar-refractivity contribution in [3.05, 3.63) is 39.7 Å². The summed E-state index contributed by atoms with van der Waals surface area (Å²) in [6, 6.07) is 3.93. The molecule has 6 nitrogen and oxygen atoms in total. The van der Waals surface area contributed by atoms with Crippen LogP contribution >= 0.6 is 0 Å². The van der Waals surface area contributed by atoms with E-state index in [0.29, 0.717) is 0 Å². The van der Waals surface area contributed by atoms with Gasteiger partial charge in [0.2, 0.25) is 11.7 Å². The van der Waals surface area contributed by atoms with Gasteiger partial charge in [-0.05, 0) is 0 Å². The number of benzene rings is 1. The van der Waals surface area contributed by atoms with Gasteiger partial charge in [0.15, 0.2) is 0 Å². The minimum Gasteiger partial charge on any atom is -0.358 e. The number of nitro benzene ring substituents is 1. The number of amides is 1. The Kier molecular flexibility index (Phi) is 4.53. The number of carbonyl (C=O) groups excluding carboxylic acids is 1. The van der Waals surface area contributed by atoms with Crippen molar-refractivity contribution in [1.29, 1.82) is 0 Å². The molecule has 1 rings (SSSR count). The molecule has 1 amide bonds. The lowest BCUT2D eigenvalue weighted by Gasteiger charge is -2.05. The molecule has 92 valence electrons. The lowest BCUT2D eigenvalue weighted by atomic mass is 10.2. The maximum Gasteiger partial charge on any atom is 0.305 e. The van der Waals surface area contributed by atoms with E-state index in [1.54, 1.807) is 0 Å². The number of halogens is 1. The van der Waals surface area contributed by atoms with Gasteiger partial charge in [0.1, 0.15) is 0 Å². The second kappa shape index (κ2) is 5.90. The Morgan fingerprint density at radius 1 is 1.53 bits per heavy atom. The summed E-state index contributed by atoms with van der Waals surface area (Å²) in [5.41, 5.74) is -0.410. The zero-order valence-corrected chi connectivity index (χ0v) is 9.20. The highest BCUT2D eigenvalue weighted by molar-refractivity contribution is 5.77. The summed E-state index contributed by atoms with van der Waals surface area (Å²) < 4.78 is 13.5. The van der Waals surface area contributed by atoms with Crippen LogP contribution in [0.4, 0.5) is 10.1 Å². The van der Waals surface area contributed by atoms with Crippen LogP contribution in [0.3, 0.4) is 0 Å². The van der Waals surface area contributed by atoms with Crippen LogP contribution in [-0.4, -0.2) is 24.4 Å². The molecular weight excluding hydrogens is 229 g/mol. The Morgan fingerprint density at radius 2 is 2.24 bits per heavy atom. The molecule has 0 saturated heterocycles. The molecule has 0 aliphatic heterocycles. The van der Waals surface area contributed by atoms with Crippen LogP contribution in [0.25, 0.3) is 0 Å². The monoisotopic (exact) mass is 241 g/mol. The minimum absolute atomic E-state index is 0.0264. The van der Waals surface area contributed by atoms with E-state index in [-0.39, 0.29) is 24.6 Å². The molecule has 0 atom stereocenters. The highest BCUT2D eigenvalue weighted by Gasteiger charge is 2.16. The summed E-state index contributed by atoms with van der Waals surface area (Å²) in [6.45, 7) is 0.0829. The molecule has 0 aromatic heterocycles. The Labute approximate surface area is 97.0 Å². The van der Waals surface area contributed by atoms with E-state index in [2.05, 4.69) is 10.6 Å². The van der Waals surface area contributed by atoms with Crippen molar-refractivity contribution in [2.75, 3.05) is 13.6 Å². The van der Waals surface area contributed by atoms with Crippen LogP contribution in [0.5, 0.6) is 0 Å². The molecule has 0 fully saturated rings. The van der Waals surface area contributed by atoms with Crippen molar-refractivity contribution < 1.29 is 14.1 Å². The molecule has 1 aromatic rings. The van der Waals surface area contributed by atoms with Gasteiger partial charge < -0.3 is 10.6 Å².